The normalized spacial score (nSPS) is 12.8. The zero-order valence-electron chi connectivity index (χ0n) is 18.2. The van der Waals surface area contributed by atoms with Crippen molar-refractivity contribution in [3.63, 3.8) is 0 Å². The molecule has 1 N–H and O–H groups in total. The van der Waals surface area contributed by atoms with Gasteiger partial charge in [0.15, 0.2) is 6.29 Å². The lowest BCUT2D eigenvalue weighted by molar-refractivity contribution is -0.0974. The summed E-state index contributed by atoms with van der Waals surface area (Å²) in [4.78, 5) is 29.9. The van der Waals surface area contributed by atoms with Gasteiger partial charge in [0.25, 0.3) is 11.8 Å². The highest BCUT2D eigenvalue weighted by atomic mass is 35.5. The number of halogens is 1. The van der Waals surface area contributed by atoms with Crippen LogP contribution >= 0.6 is 23.4 Å². The van der Waals surface area contributed by atoms with Gasteiger partial charge in [0.05, 0.1) is 24.3 Å². The van der Waals surface area contributed by atoms with Crippen LogP contribution in [0.25, 0.3) is 0 Å². The molecular formula is C25H23ClN2O4S. The minimum atomic E-state index is -0.543. The highest BCUT2D eigenvalue weighted by molar-refractivity contribution is 7.99. The first-order chi connectivity index (χ1) is 16.0. The standard InChI is InChI=1S/C25H23ClN2O4S/c1-31-23(32-2)14-27-24(29)16-11-12-22-20(13-16)28(15-17-7-3-5-9-19(17)26)25(30)18-8-4-6-10-21(18)33-22/h3-13,23H,14-15H2,1-2H3,(H,27,29). The van der Waals surface area contributed by atoms with Crippen LogP contribution in [-0.2, 0) is 16.0 Å². The van der Waals surface area contributed by atoms with Crippen molar-refractivity contribution in [2.24, 2.45) is 0 Å². The molecule has 2 amide bonds. The molecule has 0 radical (unpaired) electrons. The number of benzene rings is 3. The van der Waals surface area contributed by atoms with E-state index in [1.807, 2.05) is 48.5 Å². The van der Waals surface area contributed by atoms with E-state index >= 15 is 0 Å². The Morgan fingerprint density at radius 3 is 2.52 bits per heavy atom. The quantitative estimate of drug-likeness (QED) is 0.480. The first-order valence-corrected chi connectivity index (χ1v) is 11.5. The van der Waals surface area contributed by atoms with E-state index in [4.69, 9.17) is 21.1 Å². The summed E-state index contributed by atoms with van der Waals surface area (Å²) < 4.78 is 10.3. The van der Waals surface area contributed by atoms with Crippen molar-refractivity contribution in [3.05, 3.63) is 88.4 Å². The van der Waals surface area contributed by atoms with Gasteiger partial charge in [-0.15, -0.1) is 0 Å². The average molecular weight is 483 g/mol. The van der Waals surface area contributed by atoms with Gasteiger partial charge in [0.1, 0.15) is 0 Å². The second-order valence-corrected chi connectivity index (χ2v) is 8.87. The fourth-order valence-electron chi connectivity index (χ4n) is 3.56. The number of methoxy groups -OCH3 is 2. The molecule has 4 rings (SSSR count). The molecule has 33 heavy (non-hydrogen) atoms. The van der Waals surface area contributed by atoms with Crippen LogP contribution in [0.3, 0.4) is 0 Å². The fourth-order valence-corrected chi connectivity index (χ4v) is 4.81. The van der Waals surface area contributed by atoms with Crippen LogP contribution in [0.5, 0.6) is 0 Å². The number of amides is 2. The molecule has 0 aromatic heterocycles. The van der Waals surface area contributed by atoms with E-state index in [1.54, 1.807) is 23.1 Å². The summed E-state index contributed by atoms with van der Waals surface area (Å²) >= 11 is 7.91. The third kappa shape index (κ3) is 5.07. The minimum absolute atomic E-state index is 0.145. The molecule has 0 saturated carbocycles. The lowest BCUT2D eigenvalue weighted by atomic mass is 10.1. The van der Waals surface area contributed by atoms with Gasteiger partial charge in [0, 0.05) is 34.6 Å². The molecule has 3 aromatic carbocycles. The van der Waals surface area contributed by atoms with Crippen LogP contribution in [0.1, 0.15) is 26.3 Å². The summed E-state index contributed by atoms with van der Waals surface area (Å²) in [6.07, 6.45) is -0.543. The second-order valence-electron chi connectivity index (χ2n) is 7.37. The molecule has 0 saturated heterocycles. The Morgan fingerprint density at radius 2 is 1.76 bits per heavy atom. The number of fused-ring (bicyclic) bond motifs is 2. The van der Waals surface area contributed by atoms with Crippen LogP contribution in [0.2, 0.25) is 5.02 Å². The van der Waals surface area contributed by atoms with Crippen molar-refractivity contribution in [1.29, 1.82) is 0 Å². The summed E-state index contributed by atoms with van der Waals surface area (Å²) in [5, 5.41) is 3.38. The van der Waals surface area contributed by atoms with E-state index in [9.17, 15) is 9.59 Å². The monoisotopic (exact) mass is 482 g/mol. The van der Waals surface area contributed by atoms with E-state index in [-0.39, 0.29) is 24.9 Å². The lowest BCUT2D eigenvalue weighted by Gasteiger charge is -2.24. The largest absolute Gasteiger partial charge is 0.354 e. The minimum Gasteiger partial charge on any atom is -0.354 e. The van der Waals surface area contributed by atoms with Crippen molar-refractivity contribution >= 4 is 40.9 Å². The third-order valence-corrected chi connectivity index (χ3v) is 6.85. The Balaban J connectivity index is 1.73. The number of carbonyl (C=O) groups excluding carboxylic acids is 2. The highest BCUT2D eigenvalue weighted by Crippen LogP contribution is 2.42. The fraction of sp³-hybridized carbons (Fsp3) is 0.200. The van der Waals surface area contributed by atoms with Gasteiger partial charge in [-0.3, -0.25) is 9.59 Å². The Morgan fingerprint density at radius 1 is 1.03 bits per heavy atom. The molecule has 1 aliphatic heterocycles. The van der Waals surface area contributed by atoms with Crippen molar-refractivity contribution < 1.29 is 19.1 Å². The zero-order chi connectivity index (χ0) is 23.4. The number of ether oxygens (including phenoxy) is 2. The molecule has 8 heteroatoms. The molecule has 0 aliphatic carbocycles. The molecule has 0 unspecified atom stereocenters. The SMILES string of the molecule is COC(CNC(=O)c1ccc2c(c1)N(Cc1ccccc1Cl)C(=O)c1ccccc1S2)OC. The lowest BCUT2D eigenvalue weighted by Crippen LogP contribution is -2.34. The molecule has 0 fully saturated rings. The highest BCUT2D eigenvalue weighted by Gasteiger charge is 2.28. The van der Waals surface area contributed by atoms with Gasteiger partial charge < -0.3 is 19.7 Å². The van der Waals surface area contributed by atoms with E-state index in [0.717, 1.165) is 15.4 Å². The third-order valence-electron chi connectivity index (χ3n) is 5.34. The maximum atomic E-state index is 13.6. The molecule has 6 nitrogen and oxygen atoms in total. The van der Waals surface area contributed by atoms with Crippen LogP contribution in [0.15, 0.2) is 76.5 Å². The van der Waals surface area contributed by atoms with E-state index in [0.29, 0.717) is 21.8 Å². The first kappa shape index (κ1) is 23.3. The number of nitrogens with one attached hydrogen (secondary N) is 1. The van der Waals surface area contributed by atoms with E-state index in [2.05, 4.69) is 5.32 Å². The molecule has 3 aromatic rings. The Hall–Kier alpha value is -2.84. The molecule has 0 spiro atoms. The summed E-state index contributed by atoms with van der Waals surface area (Å²) in [7, 11) is 3.02. The maximum absolute atomic E-state index is 13.6. The smallest absolute Gasteiger partial charge is 0.259 e. The average Bonchev–Trinajstić information content (AvgIpc) is 2.95. The van der Waals surface area contributed by atoms with Crippen LogP contribution in [-0.4, -0.2) is 38.9 Å². The number of nitrogens with zero attached hydrogens (tertiary/aromatic N) is 1. The predicted molar refractivity (Wildman–Crippen MR) is 129 cm³/mol. The van der Waals surface area contributed by atoms with E-state index in [1.165, 1.54) is 26.0 Å². The molecular weight excluding hydrogens is 460 g/mol. The Bertz CT molecular complexity index is 1180. The Labute approximate surface area is 201 Å². The molecule has 0 atom stereocenters. The van der Waals surface area contributed by atoms with Gasteiger partial charge in [-0.05, 0) is 42.0 Å². The molecule has 170 valence electrons. The second kappa shape index (κ2) is 10.4. The number of carbonyl (C=O) groups is 2. The Kier molecular flexibility index (Phi) is 7.35. The molecule has 1 heterocycles. The van der Waals surface area contributed by atoms with E-state index < -0.39 is 6.29 Å². The van der Waals surface area contributed by atoms with Gasteiger partial charge in [0.2, 0.25) is 0 Å². The van der Waals surface area contributed by atoms with Gasteiger partial charge in [-0.25, -0.2) is 0 Å². The number of hydrogen-bond donors (Lipinski definition) is 1. The van der Waals surface area contributed by atoms with Crippen LogP contribution in [0.4, 0.5) is 5.69 Å². The number of anilines is 1. The van der Waals surface area contributed by atoms with Crippen LogP contribution in [0, 0.1) is 0 Å². The van der Waals surface area contributed by atoms with Crippen molar-refractivity contribution in [2.45, 2.75) is 22.6 Å². The van der Waals surface area contributed by atoms with Crippen molar-refractivity contribution in [1.82, 2.24) is 5.32 Å². The topological polar surface area (TPSA) is 67.9 Å². The van der Waals surface area contributed by atoms with Gasteiger partial charge in [-0.2, -0.15) is 0 Å². The van der Waals surface area contributed by atoms with Gasteiger partial charge in [-0.1, -0.05) is 53.7 Å². The number of rotatable bonds is 7. The number of hydrogen-bond acceptors (Lipinski definition) is 5. The summed E-state index contributed by atoms with van der Waals surface area (Å²) in [6, 6.07) is 20.3. The summed E-state index contributed by atoms with van der Waals surface area (Å²) in [5.41, 5.74) is 2.52. The maximum Gasteiger partial charge on any atom is 0.259 e. The first-order valence-electron chi connectivity index (χ1n) is 10.3. The molecule has 0 bridgehead atoms. The van der Waals surface area contributed by atoms with Crippen molar-refractivity contribution in [2.75, 3.05) is 25.7 Å². The summed E-state index contributed by atoms with van der Waals surface area (Å²) in [6.45, 7) is 0.478. The van der Waals surface area contributed by atoms with Crippen LogP contribution < -0.4 is 10.2 Å². The molecule has 1 aliphatic rings. The summed E-state index contributed by atoms with van der Waals surface area (Å²) in [5.74, 6) is -0.429. The predicted octanol–water partition coefficient (Wildman–Crippen LogP) is 5.00. The van der Waals surface area contributed by atoms with Crippen molar-refractivity contribution in [3.8, 4) is 0 Å². The zero-order valence-corrected chi connectivity index (χ0v) is 19.8. The van der Waals surface area contributed by atoms with Gasteiger partial charge >= 0.3 is 0 Å².